The van der Waals surface area contributed by atoms with E-state index in [1.165, 1.54) is 0 Å². The highest BCUT2D eigenvalue weighted by molar-refractivity contribution is 9.10. The van der Waals surface area contributed by atoms with Crippen LogP contribution in [-0.2, 0) is 0 Å². The van der Waals surface area contributed by atoms with E-state index in [0.29, 0.717) is 17.4 Å². The number of rotatable bonds is 6. The van der Waals surface area contributed by atoms with Gasteiger partial charge in [0.1, 0.15) is 0 Å². The smallest absolute Gasteiger partial charge is 0.0816 e. The Labute approximate surface area is 123 Å². The second kappa shape index (κ2) is 7.49. The maximum absolute atomic E-state index is 10.1. The van der Waals surface area contributed by atoms with E-state index in [1.807, 2.05) is 18.2 Å². The second-order valence-corrected chi connectivity index (χ2v) is 6.45. The van der Waals surface area contributed by atoms with E-state index < -0.39 is 6.10 Å². The van der Waals surface area contributed by atoms with Gasteiger partial charge in [-0.2, -0.15) is 0 Å². The Hall–Kier alpha value is -0.0900. The van der Waals surface area contributed by atoms with E-state index in [1.54, 1.807) is 0 Å². The zero-order valence-electron chi connectivity index (χ0n) is 11.2. The molecule has 1 unspecified atom stereocenters. The topological polar surface area (TPSA) is 23.5 Å². The Bertz CT molecular complexity index is 384. The average molecular weight is 335 g/mol. The molecule has 2 nitrogen and oxygen atoms in total. The van der Waals surface area contributed by atoms with Crippen LogP contribution in [0.1, 0.15) is 31.9 Å². The van der Waals surface area contributed by atoms with E-state index in [9.17, 15) is 5.11 Å². The lowest BCUT2D eigenvalue weighted by Crippen LogP contribution is -2.25. The summed E-state index contributed by atoms with van der Waals surface area (Å²) in [5.74, 6) is 0.642. The van der Waals surface area contributed by atoms with E-state index in [4.69, 9.17) is 11.6 Å². The number of hydrogen-bond acceptors (Lipinski definition) is 2. The van der Waals surface area contributed by atoms with E-state index in [0.717, 1.165) is 23.1 Å². The fourth-order valence-corrected chi connectivity index (χ4v) is 2.78. The Kier molecular flexibility index (Phi) is 6.64. The number of nitrogens with zero attached hydrogens (tertiary/aromatic N) is 1. The molecule has 0 aromatic heterocycles. The summed E-state index contributed by atoms with van der Waals surface area (Å²) in [5.41, 5.74) is 0.804. The minimum Gasteiger partial charge on any atom is -0.388 e. The van der Waals surface area contributed by atoms with Crippen LogP contribution in [0.2, 0.25) is 5.02 Å². The molecule has 0 bridgehead atoms. The van der Waals surface area contributed by atoms with Gasteiger partial charge in [0.15, 0.2) is 0 Å². The summed E-state index contributed by atoms with van der Waals surface area (Å²) in [6, 6.07) is 5.60. The van der Waals surface area contributed by atoms with Crippen LogP contribution in [0.15, 0.2) is 22.7 Å². The molecule has 4 heteroatoms. The third-order valence-electron chi connectivity index (χ3n) is 2.78. The molecule has 1 atom stereocenters. The Morgan fingerprint density at radius 3 is 2.61 bits per heavy atom. The fraction of sp³-hybridized carbons (Fsp3) is 0.571. The van der Waals surface area contributed by atoms with Crippen LogP contribution in [0.25, 0.3) is 0 Å². The van der Waals surface area contributed by atoms with Gasteiger partial charge in [-0.15, -0.1) is 0 Å². The molecule has 1 aromatic rings. The quantitative estimate of drug-likeness (QED) is 0.846. The van der Waals surface area contributed by atoms with Crippen molar-refractivity contribution in [3.05, 3.63) is 33.3 Å². The highest BCUT2D eigenvalue weighted by Crippen LogP contribution is 2.28. The van der Waals surface area contributed by atoms with Gasteiger partial charge in [0.05, 0.1) is 6.10 Å². The Morgan fingerprint density at radius 1 is 1.39 bits per heavy atom. The molecule has 1 aromatic carbocycles. The lowest BCUT2D eigenvalue weighted by Gasteiger charge is -2.21. The van der Waals surface area contributed by atoms with Gasteiger partial charge >= 0.3 is 0 Å². The van der Waals surface area contributed by atoms with Gasteiger partial charge in [0.25, 0.3) is 0 Å². The molecule has 0 aliphatic rings. The zero-order valence-corrected chi connectivity index (χ0v) is 13.5. The summed E-state index contributed by atoms with van der Waals surface area (Å²) in [4.78, 5) is 2.24. The van der Waals surface area contributed by atoms with E-state index >= 15 is 0 Å². The SMILES string of the molecule is CC(C)CN(C)CCC(O)c1ccc(Br)cc1Cl. The highest BCUT2D eigenvalue weighted by atomic mass is 79.9. The normalized spacial score (nSPS) is 13.3. The van der Waals surface area contributed by atoms with Gasteiger partial charge in [0.2, 0.25) is 0 Å². The first kappa shape index (κ1) is 16.0. The first-order chi connectivity index (χ1) is 8.40. The highest BCUT2D eigenvalue weighted by Gasteiger charge is 2.13. The first-order valence-electron chi connectivity index (χ1n) is 6.21. The molecule has 0 aliphatic carbocycles. The maximum atomic E-state index is 10.1. The third kappa shape index (κ3) is 5.27. The number of aliphatic hydroxyl groups excluding tert-OH is 1. The van der Waals surface area contributed by atoms with Crippen LogP contribution in [-0.4, -0.2) is 30.1 Å². The minimum atomic E-state index is -0.500. The summed E-state index contributed by atoms with van der Waals surface area (Å²) >= 11 is 9.48. The van der Waals surface area contributed by atoms with Gasteiger partial charge in [-0.05, 0) is 37.1 Å². The third-order valence-corrected chi connectivity index (χ3v) is 3.60. The number of aliphatic hydroxyl groups is 1. The molecule has 1 rings (SSSR count). The van der Waals surface area contributed by atoms with Crippen molar-refractivity contribution in [2.45, 2.75) is 26.4 Å². The molecular formula is C14H21BrClNO. The molecule has 102 valence electrons. The van der Waals surface area contributed by atoms with Crippen LogP contribution < -0.4 is 0 Å². The van der Waals surface area contributed by atoms with Crippen molar-refractivity contribution in [3.8, 4) is 0 Å². The number of benzene rings is 1. The van der Waals surface area contributed by atoms with Crippen molar-refractivity contribution in [1.82, 2.24) is 4.90 Å². The minimum absolute atomic E-state index is 0.500. The van der Waals surface area contributed by atoms with Crippen molar-refractivity contribution >= 4 is 27.5 Å². The lowest BCUT2D eigenvalue weighted by molar-refractivity contribution is 0.146. The maximum Gasteiger partial charge on any atom is 0.0816 e. The molecule has 0 amide bonds. The van der Waals surface area contributed by atoms with Crippen molar-refractivity contribution in [2.75, 3.05) is 20.1 Å². The van der Waals surface area contributed by atoms with Crippen LogP contribution in [0.4, 0.5) is 0 Å². The predicted molar refractivity (Wildman–Crippen MR) is 81.1 cm³/mol. The van der Waals surface area contributed by atoms with Crippen molar-refractivity contribution in [1.29, 1.82) is 0 Å². The molecule has 0 saturated carbocycles. The fourth-order valence-electron chi connectivity index (χ4n) is 1.98. The molecule has 0 heterocycles. The molecule has 18 heavy (non-hydrogen) atoms. The van der Waals surface area contributed by atoms with Gasteiger partial charge < -0.3 is 10.0 Å². The van der Waals surface area contributed by atoms with Gasteiger partial charge in [-0.25, -0.2) is 0 Å². The number of hydrogen-bond donors (Lipinski definition) is 1. The Morgan fingerprint density at radius 2 is 2.06 bits per heavy atom. The molecule has 0 fully saturated rings. The van der Waals surface area contributed by atoms with Crippen LogP contribution in [0.5, 0.6) is 0 Å². The molecule has 0 saturated heterocycles. The van der Waals surface area contributed by atoms with Crippen LogP contribution in [0, 0.1) is 5.92 Å². The first-order valence-corrected chi connectivity index (χ1v) is 7.38. The molecule has 1 N–H and O–H groups in total. The summed E-state index contributed by atoms with van der Waals surface area (Å²) in [7, 11) is 2.08. The summed E-state index contributed by atoms with van der Waals surface area (Å²) in [5, 5.41) is 10.8. The zero-order chi connectivity index (χ0) is 13.7. The monoisotopic (exact) mass is 333 g/mol. The molecule has 0 spiro atoms. The lowest BCUT2D eigenvalue weighted by atomic mass is 10.1. The van der Waals surface area contributed by atoms with Gasteiger partial charge in [-0.3, -0.25) is 0 Å². The summed E-state index contributed by atoms with van der Waals surface area (Å²) in [6.07, 6.45) is 0.199. The predicted octanol–water partition coefficient (Wildman–Crippen LogP) is 4.11. The summed E-state index contributed by atoms with van der Waals surface area (Å²) < 4.78 is 0.931. The average Bonchev–Trinajstić information content (AvgIpc) is 2.25. The largest absolute Gasteiger partial charge is 0.388 e. The van der Waals surface area contributed by atoms with Crippen LogP contribution in [0.3, 0.4) is 0 Å². The van der Waals surface area contributed by atoms with Crippen LogP contribution >= 0.6 is 27.5 Å². The van der Waals surface area contributed by atoms with E-state index in [-0.39, 0.29) is 0 Å². The molecule has 0 radical (unpaired) electrons. The van der Waals surface area contributed by atoms with Gasteiger partial charge in [0, 0.05) is 22.6 Å². The Balaban J connectivity index is 2.52. The summed E-state index contributed by atoms with van der Waals surface area (Å²) in [6.45, 7) is 6.30. The van der Waals surface area contributed by atoms with Gasteiger partial charge in [-0.1, -0.05) is 47.4 Å². The van der Waals surface area contributed by atoms with Crippen molar-refractivity contribution < 1.29 is 5.11 Å². The van der Waals surface area contributed by atoms with Crippen molar-refractivity contribution in [2.24, 2.45) is 5.92 Å². The second-order valence-electron chi connectivity index (χ2n) is 5.13. The molecule has 0 aliphatic heterocycles. The van der Waals surface area contributed by atoms with Crippen molar-refractivity contribution in [3.63, 3.8) is 0 Å². The number of halogens is 2. The standard InChI is InChI=1S/C14H21BrClNO/c1-10(2)9-17(3)7-6-14(18)12-5-4-11(15)8-13(12)16/h4-5,8,10,14,18H,6-7,9H2,1-3H3. The molecular weight excluding hydrogens is 314 g/mol. The van der Waals surface area contributed by atoms with E-state index in [2.05, 4.69) is 41.7 Å².